The van der Waals surface area contributed by atoms with Crippen LogP contribution in [0.2, 0.25) is 0 Å². The van der Waals surface area contributed by atoms with Crippen LogP contribution in [0.1, 0.15) is 0 Å². The maximum Gasteiger partial charge on any atom is 0.222 e. The van der Waals surface area contributed by atoms with Crippen molar-refractivity contribution < 1.29 is 8.78 Å². The monoisotopic (exact) mass is 216 g/mol. The van der Waals surface area contributed by atoms with Gasteiger partial charge in [0.1, 0.15) is 17.3 Å². The van der Waals surface area contributed by atoms with Gasteiger partial charge in [0.05, 0.1) is 6.57 Å². The van der Waals surface area contributed by atoms with Crippen LogP contribution < -0.4 is 0 Å². The van der Waals surface area contributed by atoms with Crippen molar-refractivity contribution in [3.8, 4) is 11.3 Å². The van der Waals surface area contributed by atoms with Crippen molar-refractivity contribution in [3.05, 3.63) is 59.6 Å². The van der Waals surface area contributed by atoms with E-state index in [2.05, 4.69) is 9.83 Å². The van der Waals surface area contributed by atoms with E-state index in [4.69, 9.17) is 6.57 Å². The van der Waals surface area contributed by atoms with Crippen molar-refractivity contribution in [2.24, 2.45) is 0 Å². The lowest BCUT2D eigenvalue weighted by molar-refractivity contribution is 0.614. The molecule has 2 rings (SSSR count). The average molecular weight is 216 g/mol. The number of benzene rings is 1. The predicted molar refractivity (Wildman–Crippen MR) is 55.9 cm³/mol. The summed E-state index contributed by atoms with van der Waals surface area (Å²) < 4.78 is 27.1. The summed E-state index contributed by atoms with van der Waals surface area (Å²) in [7, 11) is 0. The predicted octanol–water partition coefficient (Wildman–Crippen LogP) is 3.58. The van der Waals surface area contributed by atoms with Gasteiger partial charge in [0.15, 0.2) is 0 Å². The number of hydrogen-bond donors (Lipinski definition) is 0. The van der Waals surface area contributed by atoms with Gasteiger partial charge >= 0.3 is 0 Å². The van der Waals surface area contributed by atoms with Crippen LogP contribution in [0.5, 0.6) is 0 Å². The smallest absolute Gasteiger partial charge is 0.222 e. The van der Waals surface area contributed by atoms with E-state index >= 15 is 0 Å². The highest BCUT2D eigenvalue weighted by Crippen LogP contribution is 2.29. The van der Waals surface area contributed by atoms with Crippen molar-refractivity contribution in [1.29, 1.82) is 0 Å². The Kier molecular flexibility index (Phi) is 2.61. The minimum Gasteiger partial charge on any atom is -0.253 e. The normalized spacial score (nSPS) is 9.81. The molecule has 0 amide bonds. The Hall–Kier alpha value is -2.28. The van der Waals surface area contributed by atoms with Gasteiger partial charge in [0.25, 0.3) is 0 Å². The molecule has 4 heteroatoms. The lowest BCUT2D eigenvalue weighted by Crippen LogP contribution is -1.91. The highest BCUT2D eigenvalue weighted by atomic mass is 19.1. The van der Waals surface area contributed by atoms with Gasteiger partial charge in [0, 0.05) is 11.8 Å². The van der Waals surface area contributed by atoms with Gasteiger partial charge in [-0.05, 0) is 12.1 Å². The number of halogens is 2. The summed E-state index contributed by atoms with van der Waals surface area (Å²) >= 11 is 0. The molecular weight excluding hydrogens is 210 g/mol. The molecule has 0 aliphatic rings. The second-order valence-electron chi connectivity index (χ2n) is 3.08. The summed E-state index contributed by atoms with van der Waals surface area (Å²) in [6.45, 7) is 6.77. The van der Waals surface area contributed by atoms with Crippen molar-refractivity contribution in [2.45, 2.75) is 0 Å². The van der Waals surface area contributed by atoms with Gasteiger partial charge in [-0.3, -0.25) is 4.98 Å². The van der Waals surface area contributed by atoms with E-state index in [1.165, 1.54) is 36.5 Å². The van der Waals surface area contributed by atoms with Crippen LogP contribution >= 0.6 is 0 Å². The van der Waals surface area contributed by atoms with Gasteiger partial charge < -0.3 is 0 Å². The van der Waals surface area contributed by atoms with E-state index in [-0.39, 0.29) is 16.9 Å². The summed E-state index contributed by atoms with van der Waals surface area (Å²) in [4.78, 5) is 6.78. The summed E-state index contributed by atoms with van der Waals surface area (Å²) in [5, 5.41) is 0. The lowest BCUT2D eigenvalue weighted by atomic mass is 10.1. The van der Waals surface area contributed by atoms with E-state index in [9.17, 15) is 8.78 Å². The molecule has 1 aromatic carbocycles. The quantitative estimate of drug-likeness (QED) is 0.666. The number of hydrogen-bond acceptors (Lipinski definition) is 1. The largest absolute Gasteiger partial charge is 0.253 e. The van der Waals surface area contributed by atoms with Crippen molar-refractivity contribution in [3.63, 3.8) is 0 Å². The lowest BCUT2D eigenvalue weighted by Gasteiger charge is -2.04. The molecule has 1 aromatic heterocycles. The van der Waals surface area contributed by atoms with E-state index in [1.807, 2.05) is 0 Å². The third kappa shape index (κ3) is 1.63. The first kappa shape index (κ1) is 10.2. The van der Waals surface area contributed by atoms with Crippen LogP contribution in [0.3, 0.4) is 0 Å². The molecule has 0 saturated carbocycles. The fourth-order valence-corrected chi connectivity index (χ4v) is 1.37. The minimum absolute atomic E-state index is 0.00611. The standard InChI is InChI=1S/C12H6F2N2/c1-15-10-6-2-4-8(11(10)14)12-9(13)5-3-7-16-12/h2-7H. The molecular formula is C12H6F2N2. The van der Waals surface area contributed by atoms with Crippen molar-refractivity contribution in [1.82, 2.24) is 4.98 Å². The first-order valence-corrected chi connectivity index (χ1v) is 4.51. The number of rotatable bonds is 1. The molecule has 2 nitrogen and oxygen atoms in total. The maximum absolute atomic E-state index is 13.7. The molecule has 1 heterocycles. The Labute approximate surface area is 91.0 Å². The average Bonchev–Trinajstić information content (AvgIpc) is 2.31. The van der Waals surface area contributed by atoms with Crippen molar-refractivity contribution >= 4 is 5.69 Å². The van der Waals surface area contributed by atoms with E-state index < -0.39 is 11.6 Å². The molecule has 0 saturated heterocycles. The van der Waals surface area contributed by atoms with E-state index in [0.29, 0.717) is 0 Å². The Morgan fingerprint density at radius 2 is 1.94 bits per heavy atom. The molecule has 0 spiro atoms. The van der Waals surface area contributed by atoms with Gasteiger partial charge in [-0.25, -0.2) is 13.6 Å². The molecule has 0 atom stereocenters. The Bertz CT molecular complexity index is 573. The van der Waals surface area contributed by atoms with Crippen LogP contribution in [-0.4, -0.2) is 4.98 Å². The third-order valence-corrected chi connectivity index (χ3v) is 2.11. The first-order valence-electron chi connectivity index (χ1n) is 4.51. The zero-order chi connectivity index (χ0) is 11.5. The summed E-state index contributed by atoms with van der Waals surface area (Å²) in [5.74, 6) is -1.35. The second-order valence-corrected chi connectivity index (χ2v) is 3.08. The second kappa shape index (κ2) is 4.07. The fourth-order valence-electron chi connectivity index (χ4n) is 1.37. The molecule has 0 unspecified atom stereocenters. The SMILES string of the molecule is [C-]#[N+]c1cccc(-c2ncccc2F)c1F. The Morgan fingerprint density at radius 1 is 1.12 bits per heavy atom. The number of nitrogens with zero attached hydrogens (tertiary/aromatic N) is 2. The van der Waals surface area contributed by atoms with E-state index in [1.54, 1.807) is 0 Å². The molecule has 78 valence electrons. The van der Waals surface area contributed by atoms with Gasteiger partial charge in [0.2, 0.25) is 5.69 Å². The topological polar surface area (TPSA) is 17.2 Å². The van der Waals surface area contributed by atoms with Gasteiger partial charge in [-0.2, -0.15) is 0 Å². The van der Waals surface area contributed by atoms with Crippen LogP contribution in [0.15, 0.2) is 36.5 Å². The van der Waals surface area contributed by atoms with Crippen molar-refractivity contribution in [2.75, 3.05) is 0 Å². The summed E-state index contributed by atoms with van der Waals surface area (Å²) in [5.41, 5.74) is -0.209. The van der Waals surface area contributed by atoms with Crippen LogP contribution in [0.25, 0.3) is 16.1 Å². The molecule has 16 heavy (non-hydrogen) atoms. The van der Waals surface area contributed by atoms with E-state index in [0.717, 1.165) is 0 Å². The highest BCUT2D eigenvalue weighted by molar-refractivity contribution is 5.67. The van der Waals surface area contributed by atoms with Gasteiger partial charge in [-0.15, -0.1) is 0 Å². The molecule has 2 aromatic rings. The first-order chi connectivity index (χ1) is 7.74. The molecule has 0 N–H and O–H groups in total. The zero-order valence-electron chi connectivity index (χ0n) is 8.11. The maximum atomic E-state index is 13.7. The molecule has 0 bridgehead atoms. The van der Waals surface area contributed by atoms with Crippen LogP contribution in [-0.2, 0) is 0 Å². The molecule has 0 aliphatic heterocycles. The Balaban J connectivity index is 2.67. The molecule has 0 aliphatic carbocycles. The third-order valence-electron chi connectivity index (χ3n) is 2.11. The van der Waals surface area contributed by atoms with Crippen LogP contribution in [0.4, 0.5) is 14.5 Å². The number of aromatic nitrogens is 1. The highest BCUT2D eigenvalue weighted by Gasteiger charge is 2.13. The number of pyridine rings is 1. The minimum atomic E-state index is -0.741. The fraction of sp³-hybridized carbons (Fsp3) is 0. The Morgan fingerprint density at radius 3 is 2.62 bits per heavy atom. The summed E-state index contributed by atoms with van der Waals surface area (Å²) in [6.07, 6.45) is 1.38. The zero-order valence-corrected chi connectivity index (χ0v) is 8.11. The van der Waals surface area contributed by atoms with Gasteiger partial charge in [-0.1, -0.05) is 18.2 Å². The summed E-state index contributed by atoms with van der Waals surface area (Å²) in [6, 6.07) is 6.86. The van der Waals surface area contributed by atoms with Crippen LogP contribution in [0, 0.1) is 18.2 Å². The molecule has 0 radical (unpaired) electrons. The molecule has 0 fully saturated rings.